The van der Waals surface area contributed by atoms with Gasteiger partial charge in [0.1, 0.15) is 11.6 Å². The minimum atomic E-state index is -0.150. The molecule has 7 heteroatoms. The van der Waals surface area contributed by atoms with E-state index in [0.29, 0.717) is 18.7 Å². The molecule has 4 aromatic rings. The number of imidazole rings is 1. The van der Waals surface area contributed by atoms with Crippen LogP contribution in [0.25, 0.3) is 11.0 Å². The number of carbonyl (C=O) groups excluding carboxylic acids is 1. The van der Waals surface area contributed by atoms with Gasteiger partial charge in [0.25, 0.3) is 5.91 Å². The highest BCUT2D eigenvalue weighted by Crippen LogP contribution is 2.26. The average molecular weight is 449 g/mol. The summed E-state index contributed by atoms with van der Waals surface area (Å²) in [7, 11) is 0. The third-order valence-corrected chi connectivity index (χ3v) is 5.88. The highest BCUT2D eigenvalue weighted by atomic mass is 35.5. The zero-order chi connectivity index (χ0) is 22.5. The Kier molecular flexibility index (Phi) is 6.71. The van der Waals surface area contributed by atoms with Crippen molar-refractivity contribution in [2.75, 3.05) is 6.61 Å². The number of benzene rings is 2. The van der Waals surface area contributed by atoms with Crippen molar-refractivity contribution in [3.05, 3.63) is 88.5 Å². The molecule has 0 unspecified atom stereocenters. The maximum Gasteiger partial charge on any atom is 0.251 e. The van der Waals surface area contributed by atoms with Gasteiger partial charge in [-0.1, -0.05) is 23.7 Å². The maximum absolute atomic E-state index is 12.4. The molecule has 0 radical (unpaired) electrons. The summed E-state index contributed by atoms with van der Waals surface area (Å²) < 4.78 is 8.10. The van der Waals surface area contributed by atoms with E-state index in [-0.39, 0.29) is 5.91 Å². The van der Waals surface area contributed by atoms with Crippen LogP contribution in [-0.4, -0.2) is 27.0 Å². The highest BCUT2D eigenvalue weighted by molar-refractivity contribution is 6.32. The third-order valence-electron chi connectivity index (χ3n) is 5.29. The number of amides is 1. The molecule has 0 saturated carbocycles. The van der Waals surface area contributed by atoms with Crippen LogP contribution in [0.2, 0.25) is 5.02 Å². The molecule has 0 aliphatic rings. The molecule has 2 aromatic heterocycles. The summed E-state index contributed by atoms with van der Waals surface area (Å²) in [5.41, 5.74) is 4.54. The number of rotatable bonds is 8. The van der Waals surface area contributed by atoms with Crippen molar-refractivity contribution in [2.24, 2.45) is 0 Å². The van der Waals surface area contributed by atoms with Gasteiger partial charge in [0.05, 0.1) is 24.2 Å². The van der Waals surface area contributed by atoms with Crippen LogP contribution in [0.5, 0.6) is 5.75 Å². The smallest absolute Gasteiger partial charge is 0.251 e. The van der Waals surface area contributed by atoms with Crippen LogP contribution < -0.4 is 10.1 Å². The Hall–Kier alpha value is -3.38. The van der Waals surface area contributed by atoms with Gasteiger partial charge < -0.3 is 14.6 Å². The van der Waals surface area contributed by atoms with Crippen LogP contribution in [0.3, 0.4) is 0 Å². The molecule has 4 rings (SSSR count). The molecule has 1 N–H and O–H groups in total. The van der Waals surface area contributed by atoms with E-state index in [1.165, 1.54) is 0 Å². The number of hydrogen-bond acceptors (Lipinski definition) is 4. The van der Waals surface area contributed by atoms with Crippen LogP contribution in [0.15, 0.2) is 60.9 Å². The molecule has 0 aliphatic heterocycles. The largest absolute Gasteiger partial charge is 0.494 e. The van der Waals surface area contributed by atoms with Gasteiger partial charge in [-0.3, -0.25) is 9.78 Å². The third kappa shape index (κ3) is 4.92. The lowest BCUT2D eigenvalue weighted by molar-refractivity contribution is 0.0949. The molecule has 0 bridgehead atoms. The second-order valence-corrected chi connectivity index (χ2v) is 8.04. The second-order valence-electron chi connectivity index (χ2n) is 7.66. The fraction of sp³-hybridized carbons (Fsp3) is 0.240. The molecule has 0 fully saturated rings. The lowest BCUT2D eigenvalue weighted by atomic mass is 10.1. The van der Waals surface area contributed by atoms with Gasteiger partial charge >= 0.3 is 0 Å². The Balaban J connectivity index is 1.43. The Bertz CT molecular complexity index is 1210. The topological polar surface area (TPSA) is 69.0 Å². The summed E-state index contributed by atoms with van der Waals surface area (Å²) in [5, 5.41) is 3.74. The maximum atomic E-state index is 12.4. The van der Waals surface area contributed by atoms with E-state index in [9.17, 15) is 4.79 Å². The minimum absolute atomic E-state index is 0.150. The lowest BCUT2D eigenvalue weighted by Gasteiger charge is -2.12. The van der Waals surface area contributed by atoms with Crippen molar-refractivity contribution in [2.45, 2.75) is 33.4 Å². The first kappa shape index (κ1) is 21.8. The van der Waals surface area contributed by atoms with E-state index in [1.54, 1.807) is 24.5 Å². The van der Waals surface area contributed by atoms with Gasteiger partial charge in [0.2, 0.25) is 0 Å². The molecule has 1 amide bonds. The van der Waals surface area contributed by atoms with Crippen LogP contribution in [0.1, 0.15) is 33.7 Å². The molecule has 0 spiro atoms. The molecule has 0 aliphatic carbocycles. The van der Waals surface area contributed by atoms with Gasteiger partial charge in [-0.15, -0.1) is 0 Å². The van der Waals surface area contributed by atoms with Gasteiger partial charge in [-0.25, -0.2) is 4.98 Å². The minimum Gasteiger partial charge on any atom is -0.494 e. The average Bonchev–Trinajstić information content (AvgIpc) is 3.16. The quantitative estimate of drug-likeness (QED) is 0.381. The standard InChI is InChI=1S/C25H25ClN4O2/c1-17-14-20(15-18(2)24(17)26)32-13-5-12-30-22-7-4-3-6-21(22)29-23(30)16-28-25(31)19-8-10-27-11-9-19/h3-4,6-11,14-15H,5,12-13,16H2,1-2H3,(H,28,31). The molecule has 6 nitrogen and oxygen atoms in total. The van der Waals surface area contributed by atoms with Crippen molar-refractivity contribution < 1.29 is 9.53 Å². The van der Waals surface area contributed by atoms with Crippen molar-refractivity contribution in [1.29, 1.82) is 0 Å². The van der Waals surface area contributed by atoms with E-state index in [2.05, 4.69) is 14.9 Å². The first-order valence-corrected chi connectivity index (χ1v) is 10.9. The summed E-state index contributed by atoms with van der Waals surface area (Å²) in [6, 6.07) is 15.3. The molecular formula is C25H25ClN4O2. The van der Waals surface area contributed by atoms with Crippen LogP contribution in [0, 0.1) is 13.8 Å². The SMILES string of the molecule is Cc1cc(OCCCn2c(CNC(=O)c3ccncc3)nc3ccccc32)cc(C)c1Cl. The first-order valence-electron chi connectivity index (χ1n) is 10.5. The first-order chi connectivity index (χ1) is 15.5. The summed E-state index contributed by atoms with van der Waals surface area (Å²) >= 11 is 6.24. The lowest BCUT2D eigenvalue weighted by Crippen LogP contribution is -2.25. The predicted molar refractivity (Wildman–Crippen MR) is 126 cm³/mol. The fourth-order valence-electron chi connectivity index (χ4n) is 3.68. The zero-order valence-corrected chi connectivity index (χ0v) is 18.9. The number of ether oxygens (including phenoxy) is 1. The number of hydrogen-bond donors (Lipinski definition) is 1. The summed E-state index contributed by atoms with van der Waals surface area (Å²) in [5.74, 6) is 1.49. The molecule has 2 heterocycles. The summed E-state index contributed by atoms with van der Waals surface area (Å²) in [6.45, 7) is 5.59. The molecule has 0 atom stereocenters. The second kappa shape index (κ2) is 9.83. The highest BCUT2D eigenvalue weighted by Gasteiger charge is 2.12. The van der Waals surface area contributed by atoms with Gasteiger partial charge in [0.15, 0.2) is 0 Å². The summed E-state index contributed by atoms with van der Waals surface area (Å²) in [6.07, 6.45) is 4.01. The van der Waals surface area contributed by atoms with E-state index in [1.807, 2.05) is 50.2 Å². The van der Waals surface area contributed by atoms with E-state index in [4.69, 9.17) is 21.3 Å². The molecule has 0 saturated heterocycles. The van der Waals surface area contributed by atoms with Crippen molar-refractivity contribution in [3.8, 4) is 5.75 Å². The van der Waals surface area contributed by atoms with Gasteiger partial charge in [-0.05, 0) is 67.8 Å². The molecule has 2 aromatic carbocycles. The number of nitrogens with zero attached hydrogens (tertiary/aromatic N) is 3. The van der Waals surface area contributed by atoms with Gasteiger partial charge in [0, 0.05) is 29.5 Å². The molecule has 32 heavy (non-hydrogen) atoms. The number of nitrogens with one attached hydrogen (secondary N) is 1. The summed E-state index contributed by atoms with van der Waals surface area (Å²) in [4.78, 5) is 21.1. The Morgan fingerprint density at radius 1 is 1.09 bits per heavy atom. The number of fused-ring (bicyclic) bond motifs is 1. The number of aryl methyl sites for hydroxylation is 3. The van der Waals surface area contributed by atoms with Crippen molar-refractivity contribution in [3.63, 3.8) is 0 Å². The number of aromatic nitrogens is 3. The van der Waals surface area contributed by atoms with E-state index < -0.39 is 0 Å². The van der Waals surface area contributed by atoms with Crippen molar-refractivity contribution in [1.82, 2.24) is 19.9 Å². The molecule has 164 valence electrons. The molecular weight excluding hydrogens is 424 g/mol. The number of halogens is 1. The zero-order valence-electron chi connectivity index (χ0n) is 18.1. The van der Waals surface area contributed by atoms with Gasteiger partial charge in [-0.2, -0.15) is 0 Å². The Labute approximate surface area is 192 Å². The van der Waals surface area contributed by atoms with E-state index >= 15 is 0 Å². The number of para-hydroxylation sites is 2. The monoisotopic (exact) mass is 448 g/mol. The Morgan fingerprint density at radius 2 is 1.81 bits per heavy atom. The Morgan fingerprint density at radius 3 is 2.56 bits per heavy atom. The number of carbonyl (C=O) groups is 1. The van der Waals surface area contributed by atoms with E-state index in [0.717, 1.165) is 51.7 Å². The predicted octanol–water partition coefficient (Wildman–Crippen LogP) is 5.10. The van der Waals surface area contributed by atoms with Crippen LogP contribution in [0.4, 0.5) is 0 Å². The number of pyridine rings is 1. The van der Waals surface area contributed by atoms with Crippen molar-refractivity contribution >= 4 is 28.5 Å². The van der Waals surface area contributed by atoms with Crippen LogP contribution >= 0.6 is 11.6 Å². The van der Waals surface area contributed by atoms with Crippen LogP contribution in [-0.2, 0) is 13.1 Å². The fourth-order valence-corrected chi connectivity index (χ4v) is 3.79. The normalized spacial score (nSPS) is 11.0.